The molecular formula is C26H30N4OS. The molecule has 4 rings (SSSR count). The van der Waals surface area contributed by atoms with Crippen molar-refractivity contribution in [3.63, 3.8) is 0 Å². The molecule has 0 amide bonds. The average molecular weight is 447 g/mol. The highest BCUT2D eigenvalue weighted by Crippen LogP contribution is 2.23. The topological polar surface area (TPSA) is 54.1 Å². The Kier molecular flexibility index (Phi) is 7.02. The van der Waals surface area contributed by atoms with Gasteiger partial charge in [-0.3, -0.25) is 0 Å². The van der Waals surface area contributed by atoms with Crippen molar-refractivity contribution in [3.8, 4) is 5.75 Å². The smallest absolute Gasteiger partial charge is 0.119 e. The highest BCUT2D eigenvalue weighted by Gasteiger charge is 2.14. The summed E-state index contributed by atoms with van der Waals surface area (Å²) >= 11 is 1.62. The third-order valence-electron chi connectivity index (χ3n) is 5.46. The first-order chi connectivity index (χ1) is 15.5. The minimum Gasteiger partial charge on any atom is -0.494 e. The largest absolute Gasteiger partial charge is 0.494 e. The predicted octanol–water partition coefficient (Wildman–Crippen LogP) is 5.26. The number of benzene rings is 2. The summed E-state index contributed by atoms with van der Waals surface area (Å²) in [5.41, 5.74) is 5.18. The van der Waals surface area contributed by atoms with Crippen molar-refractivity contribution in [3.05, 3.63) is 81.8 Å². The molecule has 0 spiro atoms. The van der Waals surface area contributed by atoms with Crippen molar-refractivity contribution in [1.82, 2.24) is 14.5 Å². The van der Waals surface area contributed by atoms with Crippen LogP contribution in [0, 0.1) is 5.41 Å². The van der Waals surface area contributed by atoms with E-state index in [2.05, 4.69) is 53.9 Å². The summed E-state index contributed by atoms with van der Waals surface area (Å²) in [4.78, 5) is 8.20. The van der Waals surface area contributed by atoms with Crippen molar-refractivity contribution in [2.75, 3.05) is 27.2 Å². The third kappa shape index (κ3) is 5.26. The molecule has 6 heteroatoms. The van der Waals surface area contributed by atoms with E-state index in [1.54, 1.807) is 11.3 Å². The Hall–Kier alpha value is -2.96. The van der Waals surface area contributed by atoms with Crippen LogP contribution in [0.3, 0.4) is 0 Å². The van der Waals surface area contributed by atoms with Crippen LogP contribution in [0.2, 0.25) is 0 Å². The molecule has 0 bridgehead atoms. The second kappa shape index (κ2) is 10.1. The number of ether oxygens (including phenoxy) is 1. The van der Waals surface area contributed by atoms with Crippen LogP contribution < -0.4 is 4.74 Å². The summed E-state index contributed by atoms with van der Waals surface area (Å²) in [6.45, 7) is 4.49. The molecule has 4 aromatic rings. The van der Waals surface area contributed by atoms with Crippen molar-refractivity contribution in [2.45, 2.75) is 26.3 Å². The van der Waals surface area contributed by atoms with Crippen LogP contribution in [-0.4, -0.2) is 47.4 Å². The van der Waals surface area contributed by atoms with E-state index in [-0.39, 0.29) is 0 Å². The standard InChI is InChI=1S/C26H30N4OS/c1-4-31-21-10-7-19(8-11-21)18-26-28-23-12-9-20(16-22(27)25-6-5-15-32-25)17-24(23)30(26)14-13-29(2)3/h5-12,15,17,27H,4,13-14,16,18H2,1-3H3. The average Bonchev–Trinajstić information content (AvgIpc) is 3.42. The van der Waals surface area contributed by atoms with Gasteiger partial charge in [-0.15, -0.1) is 11.3 Å². The van der Waals surface area contributed by atoms with Crippen LogP contribution in [0.4, 0.5) is 0 Å². The monoisotopic (exact) mass is 446 g/mol. The summed E-state index contributed by atoms with van der Waals surface area (Å²) in [7, 11) is 4.19. The Morgan fingerprint density at radius 2 is 1.88 bits per heavy atom. The van der Waals surface area contributed by atoms with Gasteiger partial charge in [-0.05, 0) is 67.9 Å². The lowest BCUT2D eigenvalue weighted by Gasteiger charge is -2.14. The highest BCUT2D eigenvalue weighted by atomic mass is 32.1. The summed E-state index contributed by atoms with van der Waals surface area (Å²) in [6.07, 6.45) is 1.40. The zero-order valence-corrected chi connectivity index (χ0v) is 19.8. The Morgan fingerprint density at radius 3 is 2.56 bits per heavy atom. The number of hydrogen-bond donors (Lipinski definition) is 1. The van der Waals surface area contributed by atoms with E-state index >= 15 is 0 Å². The molecule has 2 aromatic carbocycles. The van der Waals surface area contributed by atoms with Crippen LogP contribution >= 0.6 is 11.3 Å². The van der Waals surface area contributed by atoms with E-state index in [9.17, 15) is 0 Å². The lowest BCUT2D eigenvalue weighted by atomic mass is 10.1. The van der Waals surface area contributed by atoms with Crippen molar-refractivity contribution >= 4 is 28.1 Å². The van der Waals surface area contributed by atoms with Gasteiger partial charge in [0.15, 0.2) is 0 Å². The Bertz CT molecular complexity index is 1180. The molecule has 2 aromatic heterocycles. The zero-order valence-electron chi connectivity index (χ0n) is 19.0. The highest BCUT2D eigenvalue weighted by molar-refractivity contribution is 7.12. The maximum atomic E-state index is 8.45. The predicted molar refractivity (Wildman–Crippen MR) is 134 cm³/mol. The molecule has 0 fully saturated rings. The van der Waals surface area contributed by atoms with E-state index in [0.717, 1.165) is 52.6 Å². The fourth-order valence-corrected chi connectivity index (χ4v) is 4.48. The molecule has 0 aliphatic rings. The van der Waals surface area contributed by atoms with E-state index < -0.39 is 0 Å². The minimum absolute atomic E-state index is 0.629. The molecule has 0 aliphatic heterocycles. The molecule has 0 saturated carbocycles. The number of likely N-dealkylation sites (N-methyl/N-ethyl adjacent to an activating group) is 1. The second-order valence-electron chi connectivity index (χ2n) is 8.19. The van der Waals surface area contributed by atoms with Gasteiger partial charge in [-0.2, -0.15) is 0 Å². The SMILES string of the molecule is CCOc1ccc(Cc2nc3ccc(CC(=N)c4cccs4)cc3n2CCN(C)C)cc1. The Labute approximate surface area is 193 Å². The number of rotatable bonds is 10. The van der Waals surface area contributed by atoms with Gasteiger partial charge in [-0.25, -0.2) is 4.98 Å². The minimum atomic E-state index is 0.629. The van der Waals surface area contributed by atoms with Crippen LogP contribution in [0.15, 0.2) is 60.0 Å². The zero-order chi connectivity index (χ0) is 22.5. The van der Waals surface area contributed by atoms with Gasteiger partial charge in [0.1, 0.15) is 11.6 Å². The van der Waals surface area contributed by atoms with Crippen LogP contribution in [0.1, 0.15) is 28.8 Å². The molecule has 0 aliphatic carbocycles. The quantitative estimate of drug-likeness (QED) is 0.338. The van der Waals surface area contributed by atoms with Crippen LogP contribution in [0.25, 0.3) is 11.0 Å². The molecule has 0 atom stereocenters. The number of thiophene rings is 1. The van der Waals surface area contributed by atoms with E-state index in [0.29, 0.717) is 18.7 Å². The maximum Gasteiger partial charge on any atom is 0.119 e. The Balaban J connectivity index is 1.63. The lowest BCUT2D eigenvalue weighted by Crippen LogP contribution is -2.19. The fraction of sp³-hybridized carbons (Fsp3) is 0.308. The maximum absolute atomic E-state index is 8.45. The summed E-state index contributed by atoms with van der Waals surface area (Å²) < 4.78 is 7.91. The molecule has 5 nitrogen and oxygen atoms in total. The van der Waals surface area contributed by atoms with Gasteiger partial charge >= 0.3 is 0 Å². The molecule has 0 radical (unpaired) electrons. The van der Waals surface area contributed by atoms with Gasteiger partial charge in [0.05, 0.1) is 23.4 Å². The van der Waals surface area contributed by atoms with E-state index in [4.69, 9.17) is 15.1 Å². The molecule has 0 unspecified atom stereocenters. The number of fused-ring (bicyclic) bond motifs is 1. The molecular weight excluding hydrogens is 416 g/mol. The molecule has 32 heavy (non-hydrogen) atoms. The number of hydrogen-bond acceptors (Lipinski definition) is 5. The van der Waals surface area contributed by atoms with Crippen LogP contribution in [0.5, 0.6) is 5.75 Å². The first-order valence-electron chi connectivity index (χ1n) is 11.0. The lowest BCUT2D eigenvalue weighted by molar-refractivity contribution is 0.340. The first kappa shape index (κ1) is 22.2. The van der Waals surface area contributed by atoms with Crippen molar-refractivity contribution in [2.24, 2.45) is 0 Å². The fourth-order valence-electron chi connectivity index (χ4n) is 3.81. The van der Waals surface area contributed by atoms with E-state index in [1.807, 2.05) is 36.6 Å². The van der Waals surface area contributed by atoms with Crippen molar-refractivity contribution in [1.29, 1.82) is 5.41 Å². The summed E-state index contributed by atoms with van der Waals surface area (Å²) in [5, 5.41) is 10.5. The third-order valence-corrected chi connectivity index (χ3v) is 6.39. The van der Waals surface area contributed by atoms with Gasteiger partial charge in [0, 0.05) is 30.8 Å². The molecule has 0 saturated heterocycles. The molecule has 1 N–H and O–H groups in total. The summed E-state index contributed by atoms with van der Waals surface area (Å²) in [6, 6.07) is 18.7. The second-order valence-corrected chi connectivity index (χ2v) is 9.14. The van der Waals surface area contributed by atoms with Crippen LogP contribution in [-0.2, 0) is 19.4 Å². The Morgan fingerprint density at radius 1 is 1.09 bits per heavy atom. The first-order valence-corrected chi connectivity index (χ1v) is 11.9. The number of imidazole rings is 1. The summed E-state index contributed by atoms with van der Waals surface area (Å²) in [5.74, 6) is 1.96. The van der Waals surface area contributed by atoms with Gasteiger partial charge in [0.25, 0.3) is 0 Å². The van der Waals surface area contributed by atoms with Crippen molar-refractivity contribution < 1.29 is 4.74 Å². The molecule has 166 valence electrons. The number of nitrogens with zero attached hydrogens (tertiary/aromatic N) is 3. The van der Waals surface area contributed by atoms with E-state index in [1.165, 1.54) is 5.56 Å². The van der Waals surface area contributed by atoms with Gasteiger partial charge in [0.2, 0.25) is 0 Å². The normalized spacial score (nSPS) is 11.4. The number of aromatic nitrogens is 2. The molecule has 2 heterocycles. The van der Waals surface area contributed by atoms with Gasteiger partial charge < -0.3 is 19.6 Å². The number of nitrogens with one attached hydrogen (secondary N) is 1. The van der Waals surface area contributed by atoms with Gasteiger partial charge in [-0.1, -0.05) is 24.3 Å².